The summed E-state index contributed by atoms with van der Waals surface area (Å²) in [6.45, 7) is 7.62. The monoisotopic (exact) mass is 291 g/mol. The molecule has 0 spiro atoms. The molecular formula is C17H29N3O. The molecule has 0 bridgehead atoms. The molecular weight excluding hydrogens is 262 g/mol. The van der Waals surface area contributed by atoms with Gasteiger partial charge in [0.25, 0.3) is 0 Å². The Labute approximate surface area is 128 Å². The van der Waals surface area contributed by atoms with Gasteiger partial charge in [0, 0.05) is 44.5 Å². The van der Waals surface area contributed by atoms with E-state index in [0.29, 0.717) is 6.04 Å². The first-order valence-electron chi connectivity index (χ1n) is 8.10. The molecule has 1 aromatic carbocycles. The first kappa shape index (κ1) is 16.1. The van der Waals surface area contributed by atoms with Gasteiger partial charge in [-0.3, -0.25) is 4.90 Å². The van der Waals surface area contributed by atoms with Gasteiger partial charge >= 0.3 is 0 Å². The Morgan fingerprint density at radius 1 is 1.14 bits per heavy atom. The van der Waals surface area contributed by atoms with Crippen LogP contribution < -0.4 is 15.4 Å². The van der Waals surface area contributed by atoms with Gasteiger partial charge in [-0.15, -0.1) is 0 Å². The topological polar surface area (TPSA) is 41.7 Å². The van der Waals surface area contributed by atoms with Crippen LogP contribution in [0.5, 0.6) is 5.75 Å². The lowest BCUT2D eigenvalue weighted by atomic mass is 10.1. The standard InChI is InChI=1S/C17H29N3O/c1-3-4-5-15(18)14-19-10-12-20(13-11-19)16-6-8-17(21-2)9-7-16/h6-9,15H,3-5,10-14,18H2,1-2H3. The molecule has 1 atom stereocenters. The predicted molar refractivity (Wildman–Crippen MR) is 89.1 cm³/mol. The van der Waals surface area contributed by atoms with E-state index in [1.807, 2.05) is 12.1 Å². The number of rotatable bonds is 7. The molecule has 0 amide bonds. The summed E-state index contributed by atoms with van der Waals surface area (Å²) in [6.07, 6.45) is 3.63. The quantitative estimate of drug-likeness (QED) is 0.837. The van der Waals surface area contributed by atoms with Crippen LogP contribution >= 0.6 is 0 Å². The first-order valence-corrected chi connectivity index (χ1v) is 8.10. The van der Waals surface area contributed by atoms with Crippen LogP contribution in [0.25, 0.3) is 0 Å². The van der Waals surface area contributed by atoms with Crippen molar-refractivity contribution in [1.82, 2.24) is 4.90 Å². The molecule has 1 aliphatic heterocycles. The summed E-state index contributed by atoms with van der Waals surface area (Å²) in [5.41, 5.74) is 7.48. The molecule has 1 aromatic rings. The number of methoxy groups -OCH3 is 1. The Bertz CT molecular complexity index is 399. The number of unbranched alkanes of at least 4 members (excludes halogenated alkanes) is 1. The predicted octanol–water partition coefficient (Wildman–Crippen LogP) is 2.33. The summed E-state index contributed by atoms with van der Waals surface area (Å²) in [6, 6.07) is 8.67. The molecule has 1 unspecified atom stereocenters. The summed E-state index contributed by atoms with van der Waals surface area (Å²) >= 11 is 0. The Hall–Kier alpha value is -1.26. The maximum Gasteiger partial charge on any atom is 0.119 e. The van der Waals surface area contributed by atoms with Crippen LogP contribution in [0.4, 0.5) is 5.69 Å². The van der Waals surface area contributed by atoms with Gasteiger partial charge in [-0.1, -0.05) is 19.8 Å². The number of benzene rings is 1. The van der Waals surface area contributed by atoms with E-state index in [9.17, 15) is 0 Å². The zero-order valence-electron chi connectivity index (χ0n) is 13.4. The van der Waals surface area contributed by atoms with Gasteiger partial charge in [-0.05, 0) is 30.7 Å². The SMILES string of the molecule is CCCCC(N)CN1CCN(c2ccc(OC)cc2)CC1. The highest BCUT2D eigenvalue weighted by molar-refractivity contribution is 5.49. The summed E-state index contributed by atoms with van der Waals surface area (Å²) < 4.78 is 5.21. The lowest BCUT2D eigenvalue weighted by Crippen LogP contribution is -2.49. The summed E-state index contributed by atoms with van der Waals surface area (Å²) in [5, 5.41) is 0. The van der Waals surface area contributed by atoms with Crippen molar-refractivity contribution in [3.63, 3.8) is 0 Å². The molecule has 4 nitrogen and oxygen atoms in total. The van der Waals surface area contributed by atoms with Gasteiger partial charge in [-0.25, -0.2) is 0 Å². The number of nitrogens with two attached hydrogens (primary N) is 1. The second kappa shape index (κ2) is 8.25. The van der Waals surface area contributed by atoms with Gasteiger partial charge in [0.05, 0.1) is 7.11 Å². The van der Waals surface area contributed by atoms with E-state index in [0.717, 1.165) is 44.9 Å². The van der Waals surface area contributed by atoms with Crippen LogP contribution in [-0.4, -0.2) is 50.8 Å². The van der Waals surface area contributed by atoms with Crippen LogP contribution in [-0.2, 0) is 0 Å². The number of ether oxygens (including phenoxy) is 1. The molecule has 21 heavy (non-hydrogen) atoms. The zero-order chi connectivity index (χ0) is 15.1. The summed E-state index contributed by atoms with van der Waals surface area (Å²) in [4.78, 5) is 4.94. The number of hydrogen-bond acceptors (Lipinski definition) is 4. The molecule has 1 saturated heterocycles. The van der Waals surface area contributed by atoms with Crippen molar-refractivity contribution < 1.29 is 4.74 Å². The molecule has 118 valence electrons. The van der Waals surface area contributed by atoms with Crippen LogP contribution in [0.1, 0.15) is 26.2 Å². The minimum atomic E-state index is 0.331. The van der Waals surface area contributed by atoms with Crippen LogP contribution in [0.2, 0.25) is 0 Å². The number of anilines is 1. The van der Waals surface area contributed by atoms with Crippen molar-refractivity contribution in [1.29, 1.82) is 0 Å². The summed E-state index contributed by atoms with van der Waals surface area (Å²) in [7, 11) is 1.70. The van der Waals surface area contributed by atoms with Crippen LogP contribution in [0, 0.1) is 0 Å². The average molecular weight is 291 g/mol. The number of piperazine rings is 1. The molecule has 4 heteroatoms. The second-order valence-corrected chi connectivity index (χ2v) is 5.89. The maximum atomic E-state index is 6.20. The minimum Gasteiger partial charge on any atom is -0.497 e. The van der Waals surface area contributed by atoms with Crippen molar-refractivity contribution in [3.05, 3.63) is 24.3 Å². The molecule has 0 aromatic heterocycles. The highest BCUT2D eigenvalue weighted by Crippen LogP contribution is 2.20. The van der Waals surface area contributed by atoms with E-state index >= 15 is 0 Å². The Kier molecular flexibility index (Phi) is 6.33. The Morgan fingerprint density at radius 3 is 2.38 bits per heavy atom. The van der Waals surface area contributed by atoms with E-state index in [4.69, 9.17) is 10.5 Å². The van der Waals surface area contributed by atoms with E-state index in [2.05, 4.69) is 28.9 Å². The average Bonchev–Trinajstić information content (AvgIpc) is 2.54. The van der Waals surface area contributed by atoms with Crippen LogP contribution in [0.15, 0.2) is 24.3 Å². The van der Waals surface area contributed by atoms with Crippen LogP contribution in [0.3, 0.4) is 0 Å². The zero-order valence-corrected chi connectivity index (χ0v) is 13.4. The van der Waals surface area contributed by atoms with Gasteiger partial charge < -0.3 is 15.4 Å². The molecule has 1 heterocycles. The fraction of sp³-hybridized carbons (Fsp3) is 0.647. The maximum absolute atomic E-state index is 6.20. The van der Waals surface area contributed by atoms with Gasteiger partial charge in [0.15, 0.2) is 0 Å². The minimum absolute atomic E-state index is 0.331. The molecule has 0 saturated carbocycles. The van der Waals surface area contributed by atoms with Crippen molar-refractivity contribution in [3.8, 4) is 5.75 Å². The van der Waals surface area contributed by atoms with Gasteiger partial charge in [0.2, 0.25) is 0 Å². The van der Waals surface area contributed by atoms with Crippen molar-refractivity contribution in [2.24, 2.45) is 5.73 Å². The van der Waals surface area contributed by atoms with E-state index in [-0.39, 0.29) is 0 Å². The highest BCUT2D eigenvalue weighted by Gasteiger charge is 2.18. The molecule has 1 fully saturated rings. The highest BCUT2D eigenvalue weighted by atomic mass is 16.5. The second-order valence-electron chi connectivity index (χ2n) is 5.89. The Balaban J connectivity index is 1.77. The van der Waals surface area contributed by atoms with Gasteiger partial charge in [-0.2, -0.15) is 0 Å². The molecule has 2 rings (SSSR count). The third-order valence-corrected chi connectivity index (χ3v) is 4.23. The molecule has 2 N–H and O–H groups in total. The lowest BCUT2D eigenvalue weighted by molar-refractivity contribution is 0.238. The van der Waals surface area contributed by atoms with E-state index in [1.165, 1.54) is 18.5 Å². The lowest BCUT2D eigenvalue weighted by Gasteiger charge is -2.37. The molecule has 1 aliphatic rings. The fourth-order valence-corrected chi connectivity index (χ4v) is 2.87. The number of hydrogen-bond donors (Lipinski definition) is 1. The normalized spacial score (nSPS) is 17.8. The Morgan fingerprint density at radius 2 is 1.81 bits per heavy atom. The fourth-order valence-electron chi connectivity index (χ4n) is 2.87. The smallest absolute Gasteiger partial charge is 0.119 e. The third-order valence-electron chi connectivity index (χ3n) is 4.23. The molecule has 0 radical (unpaired) electrons. The van der Waals surface area contributed by atoms with Crippen molar-refractivity contribution in [2.75, 3.05) is 44.7 Å². The van der Waals surface area contributed by atoms with Gasteiger partial charge in [0.1, 0.15) is 5.75 Å². The van der Waals surface area contributed by atoms with Crippen molar-refractivity contribution in [2.45, 2.75) is 32.2 Å². The summed E-state index contributed by atoms with van der Waals surface area (Å²) in [5.74, 6) is 0.916. The first-order chi connectivity index (χ1) is 10.2. The third kappa shape index (κ3) is 4.90. The van der Waals surface area contributed by atoms with E-state index < -0.39 is 0 Å². The van der Waals surface area contributed by atoms with Crippen molar-refractivity contribution >= 4 is 5.69 Å². The largest absolute Gasteiger partial charge is 0.497 e. The molecule has 0 aliphatic carbocycles. The number of nitrogens with zero attached hydrogens (tertiary/aromatic N) is 2. The van der Waals surface area contributed by atoms with E-state index in [1.54, 1.807) is 7.11 Å².